The second-order valence-electron chi connectivity index (χ2n) is 3.02. The van der Waals surface area contributed by atoms with E-state index in [9.17, 15) is 0 Å². The summed E-state index contributed by atoms with van der Waals surface area (Å²) in [6, 6.07) is 0. The van der Waals surface area contributed by atoms with Crippen LogP contribution in [0.3, 0.4) is 0 Å². The van der Waals surface area contributed by atoms with Crippen molar-refractivity contribution in [3.8, 4) is 0 Å². The molecule has 1 aliphatic heterocycles. The number of ether oxygens (including phenoxy) is 1. The predicted octanol–water partition coefficient (Wildman–Crippen LogP) is 1.49. The number of aliphatic hydroxyl groups is 1. The molecule has 2 atom stereocenters. The van der Waals surface area contributed by atoms with Crippen molar-refractivity contribution in [3.63, 3.8) is 0 Å². The lowest BCUT2D eigenvalue weighted by Crippen LogP contribution is -2.29. The van der Waals surface area contributed by atoms with Crippen LogP contribution in [0.15, 0.2) is 12.7 Å². The highest BCUT2D eigenvalue weighted by atomic mass is 16.5. The smallest absolute Gasteiger partial charge is 0.0809 e. The standard InChI is InChI=1S/C9H16O2/c1-2-4-8-5-3-6-9(7-10)11-8/h2,8-10H,1,3-7H2/t8-,9+/m1/s1. The SMILES string of the molecule is C=CC[C@@H]1CCC[C@@H](CO)O1. The lowest BCUT2D eigenvalue weighted by atomic mass is 10.0. The molecule has 0 aliphatic carbocycles. The first kappa shape index (κ1) is 8.75. The third-order valence-electron chi connectivity index (χ3n) is 2.07. The van der Waals surface area contributed by atoms with E-state index < -0.39 is 0 Å². The van der Waals surface area contributed by atoms with E-state index in [1.165, 1.54) is 6.42 Å². The van der Waals surface area contributed by atoms with Crippen molar-refractivity contribution in [3.05, 3.63) is 12.7 Å². The summed E-state index contributed by atoms with van der Waals surface area (Å²) in [5.41, 5.74) is 0. The third-order valence-corrected chi connectivity index (χ3v) is 2.07. The minimum absolute atomic E-state index is 0.0775. The summed E-state index contributed by atoms with van der Waals surface area (Å²) in [5, 5.41) is 8.83. The van der Waals surface area contributed by atoms with Crippen molar-refractivity contribution in [1.82, 2.24) is 0 Å². The van der Waals surface area contributed by atoms with Crippen LogP contribution in [0.5, 0.6) is 0 Å². The zero-order valence-electron chi connectivity index (χ0n) is 6.83. The molecule has 0 unspecified atom stereocenters. The first-order chi connectivity index (χ1) is 5.36. The summed E-state index contributed by atoms with van der Waals surface area (Å²) >= 11 is 0. The highest BCUT2D eigenvalue weighted by Gasteiger charge is 2.20. The van der Waals surface area contributed by atoms with E-state index in [-0.39, 0.29) is 12.7 Å². The molecule has 0 aromatic carbocycles. The van der Waals surface area contributed by atoms with Crippen LogP contribution in [-0.4, -0.2) is 23.9 Å². The zero-order chi connectivity index (χ0) is 8.10. The summed E-state index contributed by atoms with van der Waals surface area (Å²) < 4.78 is 5.55. The molecule has 11 heavy (non-hydrogen) atoms. The van der Waals surface area contributed by atoms with Crippen LogP contribution in [-0.2, 0) is 4.74 Å². The maximum atomic E-state index is 8.83. The van der Waals surface area contributed by atoms with Crippen molar-refractivity contribution < 1.29 is 9.84 Å². The van der Waals surface area contributed by atoms with Crippen LogP contribution in [0, 0.1) is 0 Å². The maximum Gasteiger partial charge on any atom is 0.0809 e. The second kappa shape index (κ2) is 4.52. The average Bonchev–Trinajstić information content (AvgIpc) is 2.06. The Bertz CT molecular complexity index is 123. The number of aliphatic hydroxyl groups excluding tert-OH is 1. The van der Waals surface area contributed by atoms with E-state index in [1.54, 1.807) is 0 Å². The second-order valence-corrected chi connectivity index (χ2v) is 3.02. The Balaban J connectivity index is 2.27. The first-order valence-corrected chi connectivity index (χ1v) is 4.24. The average molecular weight is 156 g/mol. The van der Waals surface area contributed by atoms with Gasteiger partial charge in [0.05, 0.1) is 18.8 Å². The number of hydrogen-bond acceptors (Lipinski definition) is 2. The van der Waals surface area contributed by atoms with Gasteiger partial charge in [0.15, 0.2) is 0 Å². The summed E-state index contributed by atoms with van der Waals surface area (Å²) in [7, 11) is 0. The van der Waals surface area contributed by atoms with Gasteiger partial charge in [-0.2, -0.15) is 0 Å². The van der Waals surface area contributed by atoms with Crippen LogP contribution in [0.1, 0.15) is 25.7 Å². The molecule has 1 saturated heterocycles. The molecule has 64 valence electrons. The molecule has 1 rings (SSSR count). The van der Waals surface area contributed by atoms with Gasteiger partial charge >= 0.3 is 0 Å². The van der Waals surface area contributed by atoms with Gasteiger partial charge in [0.1, 0.15) is 0 Å². The Morgan fingerprint density at radius 2 is 2.18 bits per heavy atom. The number of rotatable bonds is 3. The molecule has 0 amide bonds. The van der Waals surface area contributed by atoms with Gasteiger partial charge in [-0.3, -0.25) is 0 Å². The topological polar surface area (TPSA) is 29.5 Å². The quantitative estimate of drug-likeness (QED) is 0.627. The highest BCUT2D eigenvalue weighted by molar-refractivity contribution is 4.78. The van der Waals surface area contributed by atoms with E-state index in [0.29, 0.717) is 6.10 Å². The van der Waals surface area contributed by atoms with Crippen molar-refractivity contribution >= 4 is 0 Å². The fourth-order valence-electron chi connectivity index (χ4n) is 1.48. The highest BCUT2D eigenvalue weighted by Crippen LogP contribution is 2.20. The zero-order valence-corrected chi connectivity index (χ0v) is 6.83. The minimum Gasteiger partial charge on any atom is -0.394 e. The molecule has 0 bridgehead atoms. The van der Waals surface area contributed by atoms with E-state index in [2.05, 4.69) is 6.58 Å². The van der Waals surface area contributed by atoms with E-state index in [4.69, 9.17) is 9.84 Å². The molecular formula is C9H16O2. The molecule has 1 aliphatic rings. The third kappa shape index (κ3) is 2.64. The molecule has 2 nitrogen and oxygen atoms in total. The molecule has 0 saturated carbocycles. The first-order valence-electron chi connectivity index (χ1n) is 4.24. The molecule has 0 aromatic heterocycles. The van der Waals surface area contributed by atoms with Gasteiger partial charge in [0, 0.05) is 0 Å². The van der Waals surface area contributed by atoms with Gasteiger partial charge < -0.3 is 9.84 Å². The predicted molar refractivity (Wildman–Crippen MR) is 44.4 cm³/mol. The van der Waals surface area contributed by atoms with E-state index >= 15 is 0 Å². The monoisotopic (exact) mass is 156 g/mol. The molecule has 0 spiro atoms. The largest absolute Gasteiger partial charge is 0.394 e. The summed E-state index contributed by atoms with van der Waals surface area (Å²) in [6.45, 7) is 3.82. The van der Waals surface area contributed by atoms with Crippen LogP contribution in [0.4, 0.5) is 0 Å². The van der Waals surface area contributed by atoms with Crippen molar-refractivity contribution in [2.45, 2.75) is 37.9 Å². The lowest BCUT2D eigenvalue weighted by molar-refractivity contribution is -0.0698. The molecular weight excluding hydrogens is 140 g/mol. The van der Waals surface area contributed by atoms with Gasteiger partial charge in [0.25, 0.3) is 0 Å². The van der Waals surface area contributed by atoms with Crippen molar-refractivity contribution in [1.29, 1.82) is 0 Å². The van der Waals surface area contributed by atoms with Gasteiger partial charge in [-0.05, 0) is 25.7 Å². The Kier molecular flexibility index (Phi) is 3.60. The van der Waals surface area contributed by atoms with Crippen molar-refractivity contribution in [2.75, 3.05) is 6.61 Å². The minimum atomic E-state index is 0.0775. The number of hydrogen-bond donors (Lipinski definition) is 1. The summed E-state index contributed by atoms with van der Waals surface area (Å²) in [6.07, 6.45) is 6.46. The van der Waals surface area contributed by atoms with Gasteiger partial charge in [-0.15, -0.1) is 6.58 Å². The normalized spacial score (nSPS) is 31.7. The molecule has 0 aromatic rings. The van der Waals surface area contributed by atoms with Crippen LogP contribution < -0.4 is 0 Å². The summed E-state index contributed by atoms with van der Waals surface area (Å²) in [4.78, 5) is 0. The molecule has 2 heteroatoms. The van der Waals surface area contributed by atoms with E-state index in [0.717, 1.165) is 19.3 Å². The Hall–Kier alpha value is -0.340. The maximum absolute atomic E-state index is 8.83. The molecule has 0 radical (unpaired) electrons. The summed E-state index contributed by atoms with van der Waals surface area (Å²) in [5.74, 6) is 0. The van der Waals surface area contributed by atoms with Gasteiger partial charge in [-0.1, -0.05) is 6.08 Å². The molecule has 1 N–H and O–H groups in total. The van der Waals surface area contributed by atoms with Crippen LogP contribution in [0.2, 0.25) is 0 Å². The lowest BCUT2D eigenvalue weighted by Gasteiger charge is -2.28. The Labute approximate surface area is 67.9 Å². The Morgan fingerprint density at radius 1 is 1.45 bits per heavy atom. The Morgan fingerprint density at radius 3 is 2.82 bits per heavy atom. The van der Waals surface area contributed by atoms with Crippen LogP contribution >= 0.6 is 0 Å². The molecule has 1 fully saturated rings. The van der Waals surface area contributed by atoms with Crippen molar-refractivity contribution in [2.24, 2.45) is 0 Å². The van der Waals surface area contributed by atoms with Crippen LogP contribution in [0.25, 0.3) is 0 Å². The van der Waals surface area contributed by atoms with Gasteiger partial charge in [0.2, 0.25) is 0 Å². The fourth-order valence-corrected chi connectivity index (χ4v) is 1.48. The van der Waals surface area contributed by atoms with E-state index in [1.807, 2.05) is 6.08 Å². The fraction of sp³-hybridized carbons (Fsp3) is 0.778. The molecule has 1 heterocycles. The van der Waals surface area contributed by atoms with Gasteiger partial charge in [-0.25, -0.2) is 0 Å².